The molecule has 1 aromatic carbocycles. The molecule has 0 atom stereocenters. The smallest absolute Gasteiger partial charge is 0.269 e. The zero-order valence-corrected chi connectivity index (χ0v) is 9.01. The van der Waals surface area contributed by atoms with E-state index < -0.39 is 4.92 Å². The van der Waals surface area contributed by atoms with Gasteiger partial charge in [-0.15, -0.1) is 0 Å². The van der Waals surface area contributed by atoms with Crippen LogP contribution in [0.15, 0.2) is 24.3 Å². The highest BCUT2D eigenvalue weighted by Gasteiger charge is 2.09. The van der Waals surface area contributed by atoms with Gasteiger partial charge in [0, 0.05) is 24.3 Å². The number of hydrogen-bond donors (Lipinski definition) is 0. The first-order valence-electron chi connectivity index (χ1n) is 5.00. The van der Waals surface area contributed by atoms with E-state index in [0.29, 0.717) is 12.2 Å². The molecule has 1 aromatic rings. The standard InChI is InChI=1S/C11H13NO4/c1-2-7-16-8-11(13)9-3-5-10(6-4-9)12(14)15/h3-6H,2,7-8H2,1H3. The fraction of sp³-hybridized carbons (Fsp3) is 0.364. The lowest BCUT2D eigenvalue weighted by Crippen LogP contribution is -2.09. The van der Waals surface area contributed by atoms with E-state index in [-0.39, 0.29) is 18.1 Å². The van der Waals surface area contributed by atoms with E-state index >= 15 is 0 Å². The fourth-order valence-corrected chi connectivity index (χ4v) is 1.16. The highest BCUT2D eigenvalue weighted by molar-refractivity contribution is 5.97. The van der Waals surface area contributed by atoms with Crippen LogP contribution in [-0.4, -0.2) is 23.9 Å². The van der Waals surface area contributed by atoms with Gasteiger partial charge in [0.2, 0.25) is 0 Å². The first-order valence-corrected chi connectivity index (χ1v) is 5.00. The van der Waals surface area contributed by atoms with Crippen LogP contribution in [0.4, 0.5) is 5.69 Å². The quantitative estimate of drug-likeness (QED) is 0.321. The summed E-state index contributed by atoms with van der Waals surface area (Å²) in [7, 11) is 0. The van der Waals surface area contributed by atoms with Crippen LogP contribution >= 0.6 is 0 Å². The summed E-state index contributed by atoms with van der Waals surface area (Å²) in [5.74, 6) is -0.164. The van der Waals surface area contributed by atoms with Crippen molar-refractivity contribution in [1.82, 2.24) is 0 Å². The maximum atomic E-state index is 11.5. The minimum atomic E-state index is -0.498. The average molecular weight is 223 g/mol. The topological polar surface area (TPSA) is 69.4 Å². The molecule has 5 heteroatoms. The van der Waals surface area contributed by atoms with E-state index in [0.717, 1.165) is 6.42 Å². The third kappa shape index (κ3) is 3.43. The van der Waals surface area contributed by atoms with Crippen LogP contribution in [0.5, 0.6) is 0 Å². The molecule has 0 aliphatic heterocycles. The van der Waals surface area contributed by atoms with E-state index in [1.165, 1.54) is 24.3 Å². The molecule has 5 nitrogen and oxygen atoms in total. The molecule has 0 bridgehead atoms. The van der Waals surface area contributed by atoms with E-state index in [1.807, 2.05) is 6.92 Å². The number of ether oxygens (including phenoxy) is 1. The second-order valence-corrected chi connectivity index (χ2v) is 3.28. The number of nitro benzene ring substituents is 1. The van der Waals surface area contributed by atoms with Crippen LogP contribution in [0.1, 0.15) is 23.7 Å². The van der Waals surface area contributed by atoms with Crippen molar-refractivity contribution in [3.05, 3.63) is 39.9 Å². The number of ketones is 1. The molecule has 1 rings (SSSR count). The van der Waals surface area contributed by atoms with Crippen LogP contribution in [0, 0.1) is 10.1 Å². The average Bonchev–Trinajstić information content (AvgIpc) is 2.29. The largest absolute Gasteiger partial charge is 0.373 e. The summed E-state index contributed by atoms with van der Waals surface area (Å²) < 4.78 is 5.09. The lowest BCUT2D eigenvalue weighted by molar-refractivity contribution is -0.384. The molecule has 0 saturated heterocycles. The molecule has 0 amide bonds. The van der Waals surface area contributed by atoms with Gasteiger partial charge in [-0.3, -0.25) is 14.9 Å². The summed E-state index contributed by atoms with van der Waals surface area (Å²) in [4.78, 5) is 21.4. The SMILES string of the molecule is CCCOCC(=O)c1ccc([N+](=O)[O-])cc1. The number of nitro groups is 1. The summed E-state index contributed by atoms with van der Waals surface area (Å²) in [6, 6.07) is 5.51. The van der Waals surface area contributed by atoms with Crippen molar-refractivity contribution in [2.24, 2.45) is 0 Å². The summed E-state index contributed by atoms with van der Waals surface area (Å²) in [6.07, 6.45) is 0.855. The highest BCUT2D eigenvalue weighted by Crippen LogP contribution is 2.12. The van der Waals surface area contributed by atoms with E-state index in [9.17, 15) is 14.9 Å². The van der Waals surface area contributed by atoms with Crippen LogP contribution in [0.3, 0.4) is 0 Å². The monoisotopic (exact) mass is 223 g/mol. The van der Waals surface area contributed by atoms with Gasteiger partial charge in [-0.25, -0.2) is 0 Å². The second kappa shape index (κ2) is 5.97. The Bertz CT molecular complexity index is 372. The third-order valence-electron chi connectivity index (χ3n) is 1.98. The molecule has 16 heavy (non-hydrogen) atoms. The maximum absolute atomic E-state index is 11.5. The summed E-state index contributed by atoms with van der Waals surface area (Å²) in [5, 5.41) is 10.4. The van der Waals surface area contributed by atoms with Gasteiger partial charge >= 0.3 is 0 Å². The van der Waals surface area contributed by atoms with Gasteiger partial charge in [0.25, 0.3) is 5.69 Å². The van der Waals surface area contributed by atoms with Crippen molar-refractivity contribution in [2.45, 2.75) is 13.3 Å². The van der Waals surface area contributed by atoms with Crippen molar-refractivity contribution < 1.29 is 14.5 Å². The first kappa shape index (κ1) is 12.3. The first-order chi connectivity index (χ1) is 7.65. The Morgan fingerprint density at radius 2 is 2.00 bits per heavy atom. The number of carbonyl (C=O) groups excluding carboxylic acids is 1. The van der Waals surface area contributed by atoms with Crippen molar-refractivity contribution in [3.63, 3.8) is 0 Å². The van der Waals surface area contributed by atoms with Crippen molar-refractivity contribution in [3.8, 4) is 0 Å². The van der Waals surface area contributed by atoms with E-state index in [2.05, 4.69) is 0 Å². The van der Waals surface area contributed by atoms with Gasteiger partial charge in [0.1, 0.15) is 6.61 Å². The van der Waals surface area contributed by atoms with Crippen LogP contribution in [0.2, 0.25) is 0 Å². The van der Waals surface area contributed by atoms with Gasteiger partial charge in [0.05, 0.1) is 4.92 Å². The number of hydrogen-bond acceptors (Lipinski definition) is 4. The number of benzene rings is 1. The molecule has 0 unspecified atom stereocenters. The van der Waals surface area contributed by atoms with Crippen LogP contribution < -0.4 is 0 Å². The summed E-state index contributed by atoms with van der Waals surface area (Å²) in [6.45, 7) is 2.51. The van der Waals surface area contributed by atoms with Crippen molar-refractivity contribution in [2.75, 3.05) is 13.2 Å². The molecular weight excluding hydrogens is 210 g/mol. The maximum Gasteiger partial charge on any atom is 0.269 e. The minimum Gasteiger partial charge on any atom is -0.373 e. The Labute approximate surface area is 93.2 Å². The zero-order valence-electron chi connectivity index (χ0n) is 9.01. The molecule has 0 aliphatic carbocycles. The Balaban J connectivity index is 2.59. The van der Waals surface area contributed by atoms with Gasteiger partial charge in [-0.05, 0) is 18.6 Å². The molecule has 86 valence electrons. The lowest BCUT2D eigenvalue weighted by atomic mass is 10.1. The normalized spacial score (nSPS) is 10.1. The predicted molar refractivity (Wildman–Crippen MR) is 58.5 cm³/mol. The Hall–Kier alpha value is -1.75. The van der Waals surface area contributed by atoms with Gasteiger partial charge in [0.15, 0.2) is 5.78 Å². The predicted octanol–water partition coefficient (Wildman–Crippen LogP) is 2.20. The molecule has 0 spiro atoms. The Morgan fingerprint density at radius 1 is 1.38 bits per heavy atom. The molecule has 0 aromatic heterocycles. The molecule has 0 radical (unpaired) electrons. The molecule has 0 saturated carbocycles. The van der Waals surface area contributed by atoms with Gasteiger partial charge < -0.3 is 4.74 Å². The third-order valence-corrected chi connectivity index (χ3v) is 1.98. The number of rotatable bonds is 6. The number of nitrogens with zero attached hydrogens (tertiary/aromatic N) is 1. The van der Waals surface area contributed by atoms with Crippen LogP contribution in [-0.2, 0) is 4.74 Å². The fourth-order valence-electron chi connectivity index (χ4n) is 1.16. The summed E-state index contributed by atoms with van der Waals surface area (Å²) >= 11 is 0. The van der Waals surface area contributed by atoms with Crippen molar-refractivity contribution in [1.29, 1.82) is 0 Å². The van der Waals surface area contributed by atoms with E-state index in [1.54, 1.807) is 0 Å². The van der Waals surface area contributed by atoms with E-state index in [4.69, 9.17) is 4.74 Å². The molecule has 0 heterocycles. The molecule has 0 fully saturated rings. The van der Waals surface area contributed by atoms with Gasteiger partial charge in [-0.1, -0.05) is 6.92 Å². The van der Waals surface area contributed by atoms with Crippen molar-refractivity contribution >= 4 is 11.5 Å². The number of Topliss-reactive ketones (excluding diaryl/α,β-unsaturated/α-hetero) is 1. The zero-order chi connectivity index (χ0) is 12.0. The van der Waals surface area contributed by atoms with Crippen LogP contribution in [0.25, 0.3) is 0 Å². The molecule has 0 aliphatic rings. The minimum absolute atomic E-state index is 0.0195. The molecule has 0 N–H and O–H groups in total. The lowest BCUT2D eigenvalue weighted by Gasteiger charge is -2.01. The molecular formula is C11H13NO4. The summed E-state index contributed by atoms with van der Waals surface area (Å²) in [5.41, 5.74) is 0.410. The number of non-ortho nitro benzene ring substituents is 1. The number of carbonyl (C=O) groups is 1. The second-order valence-electron chi connectivity index (χ2n) is 3.28. The van der Waals surface area contributed by atoms with Gasteiger partial charge in [-0.2, -0.15) is 0 Å². The Morgan fingerprint density at radius 3 is 2.50 bits per heavy atom. The highest BCUT2D eigenvalue weighted by atomic mass is 16.6. The Kier molecular flexibility index (Phi) is 4.60.